The zero-order chi connectivity index (χ0) is 13.1. The van der Waals surface area contributed by atoms with Crippen LogP contribution in [0.1, 0.15) is 18.5 Å². The summed E-state index contributed by atoms with van der Waals surface area (Å²) in [6, 6.07) is 3.33. The molecule has 0 aliphatic heterocycles. The van der Waals surface area contributed by atoms with E-state index >= 15 is 0 Å². The molecule has 0 saturated carbocycles. The highest BCUT2D eigenvalue weighted by Crippen LogP contribution is 2.27. The Bertz CT molecular complexity index is 559. The molecule has 2 aromatic rings. The monoisotopic (exact) mass is 283 g/mol. The van der Waals surface area contributed by atoms with Crippen LogP contribution in [0.3, 0.4) is 0 Å². The van der Waals surface area contributed by atoms with Crippen LogP contribution in [0.2, 0.25) is 5.02 Å². The van der Waals surface area contributed by atoms with Crippen LogP contribution in [-0.4, -0.2) is 9.91 Å². The summed E-state index contributed by atoms with van der Waals surface area (Å²) < 4.78 is 0. The van der Waals surface area contributed by atoms with E-state index in [0.29, 0.717) is 5.82 Å². The van der Waals surface area contributed by atoms with Crippen LogP contribution < -0.4 is 5.32 Å². The molecular weight excluding hydrogens is 274 g/mol. The second-order valence-corrected chi connectivity index (χ2v) is 4.89. The Kier molecular flexibility index (Phi) is 3.78. The van der Waals surface area contributed by atoms with Gasteiger partial charge in [0.15, 0.2) is 0 Å². The van der Waals surface area contributed by atoms with Crippen molar-refractivity contribution in [2.75, 3.05) is 5.32 Å². The molecule has 0 amide bonds. The van der Waals surface area contributed by atoms with Crippen LogP contribution in [0.5, 0.6) is 0 Å². The molecule has 1 unspecified atom stereocenters. The van der Waals surface area contributed by atoms with Crippen molar-refractivity contribution in [1.82, 2.24) is 4.98 Å². The highest BCUT2D eigenvalue weighted by Gasteiger charge is 2.13. The Labute approximate surface area is 113 Å². The van der Waals surface area contributed by atoms with E-state index in [4.69, 9.17) is 11.6 Å². The number of hydrogen-bond acceptors (Lipinski definition) is 5. The standard InChI is InChI=1S/C11H10ClN3O2S/c1-7(8-2-3-18-6-8)14-11-10(12)4-9(5-13-11)15(16)17/h2-7H,1H3,(H,13,14). The number of nitro groups is 1. The maximum atomic E-state index is 10.6. The van der Waals surface area contributed by atoms with Gasteiger partial charge in [-0.3, -0.25) is 10.1 Å². The van der Waals surface area contributed by atoms with Gasteiger partial charge in [-0.05, 0) is 29.3 Å². The number of nitrogens with zero attached hydrogens (tertiary/aromatic N) is 2. The molecule has 0 aliphatic rings. The van der Waals surface area contributed by atoms with Gasteiger partial charge in [0.05, 0.1) is 16.0 Å². The number of anilines is 1. The van der Waals surface area contributed by atoms with E-state index in [1.165, 1.54) is 12.3 Å². The van der Waals surface area contributed by atoms with Gasteiger partial charge in [-0.1, -0.05) is 11.6 Å². The minimum absolute atomic E-state index is 0.0442. The van der Waals surface area contributed by atoms with Crippen molar-refractivity contribution in [2.24, 2.45) is 0 Å². The molecule has 94 valence electrons. The molecule has 5 nitrogen and oxygen atoms in total. The van der Waals surface area contributed by atoms with Gasteiger partial charge < -0.3 is 5.32 Å². The average Bonchev–Trinajstić information content (AvgIpc) is 2.85. The molecular formula is C11H10ClN3O2S. The molecule has 0 saturated heterocycles. The van der Waals surface area contributed by atoms with E-state index in [2.05, 4.69) is 10.3 Å². The first-order valence-electron chi connectivity index (χ1n) is 5.16. The van der Waals surface area contributed by atoms with E-state index in [9.17, 15) is 10.1 Å². The Morgan fingerprint density at radius 2 is 2.39 bits per heavy atom. The largest absolute Gasteiger partial charge is 0.362 e. The third kappa shape index (κ3) is 2.77. The molecule has 2 heterocycles. The molecule has 1 atom stereocenters. The van der Waals surface area contributed by atoms with Crippen molar-refractivity contribution in [1.29, 1.82) is 0 Å². The molecule has 2 rings (SSSR count). The van der Waals surface area contributed by atoms with Gasteiger partial charge in [0, 0.05) is 6.07 Å². The van der Waals surface area contributed by atoms with Crippen LogP contribution in [0.25, 0.3) is 0 Å². The van der Waals surface area contributed by atoms with E-state index < -0.39 is 4.92 Å². The number of aromatic nitrogens is 1. The van der Waals surface area contributed by atoms with Crippen molar-refractivity contribution in [3.8, 4) is 0 Å². The SMILES string of the molecule is CC(Nc1ncc([N+](=O)[O-])cc1Cl)c1ccsc1. The molecule has 0 spiro atoms. The first kappa shape index (κ1) is 12.8. The molecule has 0 radical (unpaired) electrons. The summed E-state index contributed by atoms with van der Waals surface area (Å²) in [7, 11) is 0. The van der Waals surface area contributed by atoms with Crippen LogP contribution in [0.15, 0.2) is 29.1 Å². The van der Waals surface area contributed by atoms with Gasteiger partial charge in [-0.25, -0.2) is 4.98 Å². The zero-order valence-corrected chi connectivity index (χ0v) is 11.0. The first-order valence-corrected chi connectivity index (χ1v) is 6.48. The van der Waals surface area contributed by atoms with Crippen molar-refractivity contribution in [2.45, 2.75) is 13.0 Å². The fourth-order valence-corrected chi connectivity index (χ4v) is 2.41. The molecule has 0 bridgehead atoms. The highest BCUT2D eigenvalue weighted by molar-refractivity contribution is 7.07. The Hall–Kier alpha value is -1.66. The number of pyridine rings is 1. The molecule has 0 aromatic carbocycles. The van der Waals surface area contributed by atoms with E-state index in [-0.39, 0.29) is 16.8 Å². The van der Waals surface area contributed by atoms with Gasteiger partial charge in [0.1, 0.15) is 12.0 Å². The third-order valence-corrected chi connectivity index (χ3v) is 3.42. The average molecular weight is 284 g/mol. The lowest BCUT2D eigenvalue weighted by molar-refractivity contribution is -0.385. The van der Waals surface area contributed by atoms with Crippen LogP contribution in [0, 0.1) is 10.1 Å². The predicted molar refractivity (Wildman–Crippen MR) is 72.3 cm³/mol. The maximum absolute atomic E-state index is 10.6. The van der Waals surface area contributed by atoms with Crippen LogP contribution in [0.4, 0.5) is 11.5 Å². The fraction of sp³-hybridized carbons (Fsp3) is 0.182. The third-order valence-electron chi connectivity index (χ3n) is 2.43. The van der Waals surface area contributed by atoms with Crippen LogP contribution >= 0.6 is 22.9 Å². The quantitative estimate of drug-likeness (QED) is 0.683. The van der Waals surface area contributed by atoms with Gasteiger partial charge in [0.2, 0.25) is 0 Å². The summed E-state index contributed by atoms with van der Waals surface area (Å²) >= 11 is 7.56. The fourth-order valence-electron chi connectivity index (χ4n) is 1.44. The number of hydrogen-bond donors (Lipinski definition) is 1. The molecule has 18 heavy (non-hydrogen) atoms. The second kappa shape index (κ2) is 5.32. The summed E-state index contributed by atoms with van der Waals surface area (Å²) in [4.78, 5) is 14.0. The summed E-state index contributed by atoms with van der Waals surface area (Å²) in [5, 5.41) is 17.9. The maximum Gasteiger partial charge on any atom is 0.289 e. The van der Waals surface area contributed by atoms with E-state index in [0.717, 1.165) is 5.56 Å². The zero-order valence-electron chi connectivity index (χ0n) is 9.46. The van der Waals surface area contributed by atoms with Crippen molar-refractivity contribution in [3.63, 3.8) is 0 Å². The lowest BCUT2D eigenvalue weighted by atomic mass is 10.2. The lowest BCUT2D eigenvalue weighted by Crippen LogP contribution is -2.07. The highest BCUT2D eigenvalue weighted by atomic mass is 35.5. The van der Waals surface area contributed by atoms with Crippen molar-refractivity contribution >= 4 is 34.4 Å². The van der Waals surface area contributed by atoms with E-state index in [1.54, 1.807) is 11.3 Å². The predicted octanol–water partition coefficient (Wildman–Crippen LogP) is 3.88. The van der Waals surface area contributed by atoms with Crippen molar-refractivity contribution in [3.05, 3.63) is 49.8 Å². The number of nitrogens with one attached hydrogen (secondary N) is 1. The molecule has 7 heteroatoms. The minimum Gasteiger partial charge on any atom is -0.362 e. The molecule has 0 fully saturated rings. The second-order valence-electron chi connectivity index (χ2n) is 3.70. The first-order chi connectivity index (χ1) is 8.58. The Morgan fingerprint density at radius 3 is 2.94 bits per heavy atom. The van der Waals surface area contributed by atoms with Crippen molar-refractivity contribution < 1.29 is 4.92 Å². The molecule has 1 N–H and O–H groups in total. The van der Waals surface area contributed by atoms with Gasteiger partial charge in [-0.2, -0.15) is 11.3 Å². The summed E-state index contributed by atoms with van der Waals surface area (Å²) in [5.41, 5.74) is 1.00. The summed E-state index contributed by atoms with van der Waals surface area (Å²) in [6.45, 7) is 1.97. The number of rotatable bonds is 4. The Morgan fingerprint density at radius 1 is 1.61 bits per heavy atom. The normalized spacial score (nSPS) is 12.1. The summed E-state index contributed by atoms with van der Waals surface area (Å²) in [6.07, 6.45) is 1.19. The lowest BCUT2D eigenvalue weighted by Gasteiger charge is -2.13. The van der Waals surface area contributed by atoms with Gasteiger partial charge >= 0.3 is 0 Å². The van der Waals surface area contributed by atoms with Gasteiger partial charge in [0.25, 0.3) is 5.69 Å². The van der Waals surface area contributed by atoms with E-state index in [1.807, 2.05) is 23.8 Å². The molecule has 0 aliphatic carbocycles. The molecule has 2 aromatic heterocycles. The topological polar surface area (TPSA) is 68.1 Å². The van der Waals surface area contributed by atoms with Crippen LogP contribution in [-0.2, 0) is 0 Å². The number of thiophene rings is 1. The Balaban J connectivity index is 2.17. The summed E-state index contributed by atoms with van der Waals surface area (Å²) in [5.74, 6) is 0.445. The van der Waals surface area contributed by atoms with Gasteiger partial charge in [-0.15, -0.1) is 0 Å². The number of halogens is 1. The minimum atomic E-state index is -0.523. The smallest absolute Gasteiger partial charge is 0.289 e.